The number of rotatable bonds is 4. The van der Waals surface area contributed by atoms with E-state index in [9.17, 15) is 9.18 Å². The van der Waals surface area contributed by atoms with E-state index in [0.29, 0.717) is 0 Å². The Balaban J connectivity index is 2.63. The number of aliphatic hydroxyl groups is 1. The van der Waals surface area contributed by atoms with Gasteiger partial charge >= 0.3 is 6.03 Å². The summed E-state index contributed by atoms with van der Waals surface area (Å²) in [5.74, 6) is -0.312. The molecule has 0 aliphatic rings. The van der Waals surface area contributed by atoms with Gasteiger partial charge < -0.3 is 15.7 Å². The third-order valence-electron chi connectivity index (χ3n) is 2.55. The van der Waals surface area contributed by atoms with Crippen molar-refractivity contribution in [3.63, 3.8) is 0 Å². The van der Waals surface area contributed by atoms with Crippen LogP contribution in [-0.2, 0) is 5.54 Å². The zero-order valence-corrected chi connectivity index (χ0v) is 10.8. The molecule has 0 fully saturated rings. The van der Waals surface area contributed by atoms with E-state index in [-0.39, 0.29) is 18.4 Å². The largest absolute Gasteiger partial charge is 0.392 e. The molecule has 0 aliphatic carbocycles. The van der Waals surface area contributed by atoms with Crippen LogP contribution in [0.3, 0.4) is 0 Å². The zero-order chi connectivity index (χ0) is 13.8. The first-order valence-corrected chi connectivity index (χ1v) is 5.81. The van der Waals surface area contributed by atoms with E-state index in [1.807, 2.05) is 13.8 Å². The van der Waals surface area contributed by atoms with Gasteiger partial charge in [0.15, 0.2) is 0 Å². The molecule has 1 unspecified atom stereocenters. The number of urea groups is 1. The number of amides is 2. The first-order chi connectivity index (χ1) is 8.31. The quantitative estimate of drug-likeness (QED) is 0.766. The summed E-state index contributed by atoms with van der Waals surface area (Å²) in [6.45, 7) is 5.42. The molecule has 0 saturated carbocycles. The number of hydrogen-bond acceptors (Lipinski definition) is 2. The molecule has 18 heavy (non-hydrogen) atoms. The maximum atomic E-state index is 12.8. The van der Waals surface area contributed by atoms with Crippen LogP contribution in [0.5, 0.6) is 0 Å². The van der Waals surface area contributed by atoms with Crippen LogP contribution in [-0.4, -0.2) is 23.8 Å². The Morgan fingerprint density at radius 1 is 1.39 bits per heavy atom. The Hall–Kier alpha value is -1.62. The summed E-state index contributed by atoms with van der Waals surface area (Å²) in [4.78, 5) is 11.6. The minimum absolute atomic E-state index is 0.186. The topological polar surface area (TPSA) is 61.4 Å². The molecule has 1 aromatic carbocycles. The number of aliphatic hydroxyl groups excluding tert-OH is 1. The second-order valence-electron chi connectivity index (χ2n) is 4.82. The molecule has 4 nitrogen and oxygen atoms in total. The van der Waals surface area contributed by atoms with Crippen molar-refractivity contribution in [1.82, 2.24) is 10.6 Å². The summed E-state index contributed by atoms with van der Waals surface area (Å²) < 4.78 is 12.8. The summed E-state index contributed by atoms with van der Waals surface area (Å²) in [5.41, 5.74) is 0.187. The average Bonchev–Trinajstić information content (AvgIpc) is 2.26. The van der Waals surface area contributed by atoms with Crippen LogP contribution in [0.2, 0.25) is 0 Å². The molecule has 0 heterocycles. The van der Waals surface area contributed by atoms with Gasteiger partial charge in [0.1, 0.15) is 5.82 Å². The lowest BCUT2D eigenvalue weighted by Crippen LogP contribution is -2.47. The fraction of sp³-hybridized carbons (Fsp3) is 0.462. The number of hydrogen-bond donors (Lipinski definition) is 3. The van der Waals surface area contributed by atoms with E-state index >= 15 is 0 Å². The van der Waals surface area contributed by atoms with Gasteiger partial charge in [0.05, 0.1) is 11.6 Å². The van der Waals surface area contributed by atoms with E-state index in [0.717, 1.165) is 5.56 Å². The summed E-state index contributed by atoms with van der Waals surface area (Å²) in [5, 5.41) is 14.4. The van der Waals surface area contributed by atoms with E-state index in [1.165, 1.54) is 12.1 Å². The van der Waals surface area contributed by atoms with E-state index in [2.05, 4.69) is 10.6 Å². The van der Waals surface area contributed by atoms with Gasteiger partial charge in [0.2, 0.25) is 0 Å². The predicted octanol–water partition coefficient (Wildman–Crippen LogP) is 1.74. The monoisotopic (exact) mass is 254 g/mol. The lowest BCUT2D eigenvalue weighted by molar-refractivity contribution is 0.185. The van der Waals surface area contributed by atoms with Crippen LogP contribution < -0.4 is 10.6 Å². The first-order valence-electron chi connectivity index (χ1n) is 5.81. The molecule has 3 N–H and O–H groups in total. The fourth-order valence-corrected chi connectivity index (χ4v) is 1.51. The van der Waals surface area contributed by atoms with Crippen molar-refractivity contribution >= 4 is 6.03 Å². The maximum absolute atomic E-state index is 12.8. The highest BCUT2D eigenvalue weighted by Crippen LogP contribution is 2.19. The van der Waals surface area contributed by atoms with Crippen molar-refractivity contribution in [2.24, 2.45) is 0 Å². The minimum atomic E-state index is -0.615. The average molecular weight is 254 g/mol. The lowest BCUT2D eigenvalue weighted by Gasteiger charge is -2.27. The Morgan fingerprint density at radius 3 is 2.44 bits per heavy atom. The highest BCUT2D eigenvalue weighted by Gasteiger charge is 2.22. The lowest BCUT2D eigenvalue weighted by atomic mass is 9.94. The van der Waals surface area contributed by atoms with E-state index in [1.54, 1.807) is 19.1 Å². The van der Waals surface area contributed by atoms with Gasteiger partial charge in [-0.2, -0.15) is 0 Å². The van der Waals surface area contributed by atoms with Gasteiger partial charge in [-0.05, 0) is 38.5 Å². The number of carbonyl (C=O) groups is 1. The van der Waals surface area contributed by atoms with Crippen LogP contribution in [0, 0.1) is 5.82 Å². The van der Waals surface area contributed by atoms with Crippen molar-refractivity contribution in [2.45, 2.75) is 32.4 Å². The predicted molar refractivity (Wildman–Crippen MR) is 67.6 cm³/mol. The SMILES string of the molecule is CC(O)CNC(=O)NC(C)(C)c1ccc(F)cc1. The Morgan fingerprint density at radius 2 is 1.94 bits per heavy atom. The second-order valence-corrected chi connectivity index (χ2v) is 4.82. The van der Waals surface area contributed by atoms with Crippen molar-refractivity contribution in [1.29, 1.82) is 0 Å². The van der Waals surface area contributed by atoms with Gasteiger partial charge in [-0.25, -0.2) is 9.18 Å². The molecular formula is C13H19FN2O2. The third kappa shape index (κ3) is 4.33. The van der Waals surface area contributed by atoms with Gasteiger partial charge in [-0.15, -0.1) is 0 Å². The van der Waals surface area contributed by atoms with Crippen LogP contribution in [0.15, 0.2) is 24.3 Å². The normalized spacial score (nSPS) is 12.9. The maximum Gasteiger partial charge on any atom is 0.315 e. The Kier molecular flexibility index (Phi) is 4.67. The molecule has 100 valence electrons. The molecule has 0 spiro atoms. The molecule has 2 amide bonds. The van der Waals surface area contributed by atoms with Crippen LogP contribution in [0.4, 0.5) is 9.18 Å². The first kappa shape index (κ1) is 14.4. The number of benzene rings is 1. The van der Waals surface area contributed by atoms with Crippen LogP contribution >= 0.6 is 0 Å². The van der Waals surface area contributed by atoms with Crippen molar-refractivity contribution < 1.29 is 14.3 Å². The van der Waals surface area contributed by atoms with Gasteiger partial charge in [0.25, 0.3) is 0 Å². The summed E-state index contributed by atoms with van der Waals surface area (Å²) >= 11 is 0. The Bertz CT molecular complexity index is 402. The smallest absolute Gasteiger partial charge is 0.315 e. The third-order valence-corrected chi connectivity index (χ3v) is 2.55. The highest BCUT2D eigenvalue weighted by atomic mass is 19.1. The molecule has 0 aromatic heterocycles. The number of nitrogens with one attached hydrogen (secondary N) is 2. The summed E-state index contributed by atoms with van der Waals surface area (Å²) in [6.07, 6.45) is -0.593. The molecule has 1 aromatic rings. The number of carbonyl (C=O) groups excluding carboxylic acids is 1. The molecule has 1 atom stereocenters. The fourth-order valence-electron chi connectivity index (χ4n) is 1.51. The standard InChI is InChI=1S/C13H19FN2O2/c1-9(17)8-15-12(18)16-13(2,3)10-4-6-11(14)7-5-10/h4-7,9,17H,8H2,1-3H3,(H2,15,16,18). The van der Waals surface area contributed by atoms with Gasteiger partial charge in [0, 0.05) is 6.54 Å². The molecule has 0 radical (unpaired) electrons. The summed E-state index contributed by atoms with van der Waals surface area (Å²) in [6, 6.07) is 5.60. The highest BCUT2D eigenvalue weighted by molar-refractivity contribution is 5.75. The minimum Gasteiger partial charge on any atom is -0.392 e. The van der Waals surface area contributed by atoms with Crippen molar-refractivity contribution in [2.75, 3.05) is 6.54 Å². The summed E-state index contributed by atoms with van der Waals surface area (Å²) in [7, 11) is 0. The Labute approximate surface area is 106 Å². The van der Waals surface area contributed by atoms with Crippen LogP contribution in [0.25, 0.3) is 0 Å². The molecule has 1 rings (SSSR count). The molecule has 0 bridgehead atoms. The second kappa shape index (κ2) is 5.82. The van der Waals surface area contributed by atoms with E-state index < -0.39 is 11.6 Å². The van der Waals surface area contributed by atoms with Gasteiger partial charge in [-0.1, -0.05) is 12.1 Å². The zero-order valence-electron chi connectivity index (χ0n) is 10.8. The van der Waals surface area contributed by atoms with Crippen molar-refractivity contribution in [3.05, 3.63) is 35.6 Å². The molecule has 0 saturated heterocycles. The molecular weight excluding hydrogens is 235 g/mol. The van der Waals surface area contributed by atoms with E-state index in [4.69, 9.17) is 5.11 Å². The molecule has 5 heteroatoms. The van der Waals surface area contributed by atoms with Crippen LogP contribution in [0.1, 0.15) is 26.3 Å². The molecule has 0 aliphatic heterocycles. The van der Waals surface area contributed by atoms with Crippen molar-refractivity contribution in [3.8, 4) is 0 Å². The number of halogens is 1. The van der Waals surface area contributed by atoms with Gasteiger partial charge in [-0.3, -0.25) is 0 Å².